The molecule has 4 heteroatoms. The second kappa shape index (κ2) is 8.13. The normalized spacial score (nSPS) is 16.5. The minimum absolute atomic E-state index is 0.199. The van der Waals surface area contributed by atoms with Crippen LogP contribution in [0.5, 0.6) is 0 Å². The van der Waals surface area contributed by atoms with Crippen LogP contribution in [0.15, 0.2) is 18.2 Å². The van der Waals surface area contributed by atoms with E-state index >= 15 is 0 Å². The maximum atomic E-state index is 13.2. The molecule has 1 aliphatic rings. The van der Waals surface area contributed by atoms with E-state index in [-0.39, 0.29) is 11.7 Å². The molecule has 1 fully saturated rings. The number of hydrogen-bond donors (Lipinski definition) is 2. The topological polar surface area (TPSA) is 41.1 Å². The molecule has 0 aromatic heterocycles. The lowest BCUT2D eigenvalue weighted by Crippen LogP contribution is -2.37. The van der Waals surface area contributed by atoms with Gasteiger partial charge in [-0.25, -0.2) is 4.39 Å². The van der Waals surface area contributed by atoms with Gasteiger partial charge in [-0.1, -0.05) is 31.7 Å². The molecule has 2 rings (SSSR count). The average Bonchev–Trinajstić information content (AvgIpc) is 2.74. The molecule has 0 heterocycles. The Hall–Kier alpha value is -1.42. The highest BCUT2D eigenvalue weighted by Crippen LogP contribution is 2.16. The van der Waals surface area contributed by atoms with Crippen molar-refractivity contribution in [3.63, 3.8) is 0 Å². The van der Waals surface area contributed by atoms with Crippen LogP contribution in [-0.4, -0.2) is 25.0 Å². The van der Waals surface area contributed by atoms with Crippen molar-refractivity contribution in [1.29, 1.82) is 0 Å². The Balaban J connectivity index is 1.72. The highest BCUT2D eigenvalue weighted by atomic mass is 19.1. The lowest BCUT2D eigenvalue weighted by atomic mass is 10.1. The molecule has 0 bridgehead atoms. The minimum atomic E-state index is -0.373. The van der Waals surface area contributed by atoms with E-state index < -0.39 is 0 Å². The zero-order chi connectivity index (χ0) is 15.1. The molecule has 1 aromatic carbocycles. The Morgan fingerprint density at radius 1 is 1.19 bits per heavy atom. The Labute approximate surface area is 126 Å². The van der Waals surface area contributed by atoms with E-state index in [4.69, 9.17) is 0 Å². The van der Waals surface area contributed by atoms with Gasteiger partial charge >= 0.3 is 0 Å². The molecule has 21 heavy (non-hydrogen) atoms. The van der Waals surface area contributed by atoms with Crippen LogP contribution < -0.4 is 10.6 Å². The third-order valence-corrected chi connectivity index (χ3v) is 4.14. The molecule has 0 saturated heterocycles. The molecule has 1 aliphatic carbocycles. The van der Waals surface area contributed by atoms with Crippen LogP contribution in [-0.2, 0) is 0 Å². The summed E-state index contributed by atoms with van der Waals surface area (Å²) in [5, 5.41) is 6.36. The van der Waals surface area contributed by atoms with Gasteiger partial charge in [0.2, 0.25) is 0 Å². The monoisotopic (exact) mass is 292 g/mol. The number of benzene rings is 1. The third-order valence-electron chi connectivity index (χ3n) is 4.14. The van der Waals surface area contributed by atoms with Gasteiger partial charge in [0.1, 0.15) is 5.82 Å². The maximum Gasteiger partial charge on any atom is 0.251 e. The van der Waals surface area contributed by atoms with Gasteiger partial charge in [0, 0.05) is 24.7 Å². The van der Waals surface area contributed by atoms with E-state index in [0.29, 0.717) is 18.2 Å². The maximum absolute atomic E-state index is 13.2. The van der Waals surface area contributed by atoms with Crippen LogP contribution in [0, 0.1) is 12.7 Å². The quantitative estimate of drug-likeness (QED) is 0.646. The first-order valence-corrected chi connectivity index (χ1v) is 7.94. The Kier molecular flexibility index (Phi) is 6.18. The molecule has 0 aliphatic heterocycles. The van der Waals surface area contributed by atoms with Crippen LogP contribution in [0.2, 0.25) is 0 Å². The summed E-state index contributed by atoms with van der Waals surface area (Å²) in [6.45, 7) is 3.16. The summed E-state index contributed by atoms with van der Waals surface area (Å²) < 4.78 is 13.2. The SMILES string of the molecule is Cc1ccc(F)cc1C(=O)NCCNC1CCCCCC1. The summed E-state index contributed by atoms with van der Waals surface area (Å²) in [5.74, 6) is -0.572. The summed E-state index contributed by atoms with van der Waals surface area (Å²) in [4.78, 5) is 12.0. The largest absolute Gasteiger partial charge is 0.351 e. The number of carbonyl (C=O) groups excluding carboxylic acids is 1. The van der Waals surface area contributed by atoms with E-state index in [1.807, 2.05) is 6.92 Å². The highest BCUT2D eigenvalue weighted by Gasteiger charge is 2.12. The molecule has 0 radical (unpaired) electrons. The predicted molar refractivity (Wildman–Crippen MR) is 83.0 cm³/mol. The standard InChI is InChI=1S/C17H25FN2O/c1-13-8-9-14(18)12-16(13)17(21)20-11-10-19-15-6-4-2-3-5-7-15/h8-9,12,15,19H,2-7,10-11H2,1H3,(H,20,21). The Bertz CT molecular complexity index is 468. The van der Waals surface area contributed by atoms with Gasteiger partial charge in [0.25, 0.3) is 5.91 Å². The van der Waals surface area contributed by atoms with Crippen molar-refractivity contribution in [1.82, 2.24) is 10.6 Å². The van der Waals surface area contributed by atoms with Gasteiger partial charge in [0.15, 0.2) is 0 Å². The van der Waals surface area contributed by atoms with Crippen LogP contribution in [0.3, 0.4) is 0 Å². The lowest BCUT2D eigenvalue weighted by molar-refractivity contribution is 0.0952. The summed E-state index contributed by atoms with van der Waals surface area (Å²) in [7, 11) is 0. The van der Waals surface area contributed by atoms with Crippen molar-refractivity contribution in [3.8, 4) is 0 Å². The highest BCUT2D eigenvalue weighted by molar-refractivity contribution is 5.95. The van der Waals surface area contributed by atoms with Crippen LogP contribution >= 0.6 is 0 Å². The first-order chi connectivity index (χ1) is 10.2. The van der Waals surface area contributed by atoms with Crippen molar-refractivity contribution in [2.75, 3.05) is 13.1 Å². The second-order valence-corrected chi connectivity index (χ2v) is 5.86. The molecular formula is C17H25FN2O. The zero-order valence-electron chi connectivity index (χ0n) is 12.8. The average molecular weight is 292 g/mol. The number of hydrogen-bond acceptors (Lipinski definition) is 2. The Morgan fingerprint density at radius 2 is 1.90 bits per heavy atom. The van der Waals surface area contributed by atoms with E-state index in [1.54, 1.807) is 6.07 Å². The molecule has 3 nitrogen and oxygen atoms in total. The molecule has 0 spiro atoms. The number of aryl methyl sites for hydroxylation is 1. The van der Waals surface area contributed by atoms with Gasteiger partial charge in [0.05, 0.1) is 0 Å². The summed E-state index contributed by atoms with van der Waals surface area (Å²) in [5.41, 5.74) is 1.22. The first kappa shape index (κ1) is 16.0. The van der Waals surface area contributed by atoms with E-state index in [2.05, 4.69) is 10.6 Å². The molecule has 1 aromatic rings. The summed E-state index contributed by atoms with van der Waals surface area (Å²) >= 11 is 0. The number of carbonyl (C=O) groups is 1. The van der Waals surface area contributed by atoms with E-state index in [1.165, 1.54) is 50.7 Å². The van der Waals surface area contributed by atoms with Crippen molar-refractivity contribution in [3.05, 3.63) is 35.1 Å². The number of rotatable bonds is 5. The second-order valence-electron chi connectivity index (χ2n) is 5.86. The van der Waals surface area contributed by atoms with Crippen molar-refractivity contribution in [2.45, 2.75) is 51.5 Å². The van der Waals surface area contributed by atoms with E-state index in [0.717, 1.165) is 12.1 Å². The fourth-order valence-corrected chi connectivity index (χ4v) is 2.87. The minimum Gasteiger partial charge on any atom is -0.351 e. The lowest BCUT2D eigenvalue weighted by Gasteiger charge is -2.16. The van der Waals surface area contributed by atoms with Crippen LogP contribution in [0.25, 0.3) is 0 Å². The van der Waals surface area contributed by atoms with Gasteiger partial charge in [-0.05, 0) is 37.5 Å². The number of nitrogens with one attached hydrogen (secondary N) is 2. The number of halogens is 1. The molecule has 0 atom stereocenters. The molecule has 0 unspecified atom stereocenters. The van der Waals surface area contributed by atoms with Gasteiger partial charge in [-0.15, -0.1) is 0 Å². The molecule has 1 saturated carbocycles. The predicted octanol–water partition coefficient (Wildman–Crippen LogP) is 3.18. The van der Waals surface area contributed by atoms with Crippen molar-refractivity contribution in [2.24, 2.45) is 0 Å². The van der Waals surface area contributed by atoms with Gasteiger partial charge < -0.3 is 10.6 Å². The Morgan fingerprint density at radius 3 is 2.62 bits per heavy atom. The van der Waals surface area contributed by atoms with Gasteiger partial charge in [-0.3, -0.25) is 4.79 Å². The smallest absolute Gasteiger partial charge is 0.251 e. The zero-order valence-corrected chi connectivity index (χ0v) is 12.8. The van der Waals surface area contributed by atoms with E-state index in [9.17, 15) is 9.18 Å². The number of amides is 1. The van der Waals surface area contributed by atoms with Gasteiger partial charge in [-0.2, -0.15) is 0 Å². The van der Waals surface area contributed by atoms with Crippen molar-refractivity contribution < 1.29 is 9.18 Å². The molecular weight excluding hydrogens is 267 g/mol. The van der Waals surface area contributed by atoms with Crippen molar-refractivity contribution >= 4 is 5.91 Å². The fraction of sp³-hybridized carbons (Fsp3) is 0.588. The molecule has 1 amide bonds. The van der Waals surface area contributed by atoms with Crippen LogP contribution in [0.1, 0.15) is 54.4 Å². The fourth-order valence-electron chi connectivity index (χ4n) is 2.87. The third kappa shape index (κ3) is 5.12. The molecule has 2 N–H and O–H groups in total. The first-order valence-electron chi connectivity index (χ1n) is 7.94. The summed E-state index contributed by atoms with van der Waals surface area (Å²) in [6.07, 6.45) is 7.74. The summed E-state index contributed by atoms with van der Waals surface area (Å²) in [6, 6.07) is 4.89. The van der Waals surface area contributed by atoms with Crippen LogP contribution in [0.4, 0.5) is 4.39 Å². The molecule has 116 valence electrons.